The highest BCUT2D eigenvalue weighted by Gasteiger charge is 2.10. The maximum atomic E-state index is 11.3. The quantitative estimate of drug-likeness (QED) is 0.773. The first-order valence-electron chi connectivity index (χ1n) is 4.21. The fourth-order valence-electron chi connectivity index (χ4n) is 1.21. The molecular formula is C9H7NO4S2. The number of ether oxygens (including phenoxy) is 1. The van der Waals surface area contributed by atoms with Gasteiger partial charge in [0.25, 0.3) is 11.7 Å². The lowest BCUT2D eigenvalue weighted by molar-refractivity contribution is -0.120. The van der Waals surface area contributed by atoms with Crippen LogP contribution in [0.4, 0.5) is 0 Å². The normalized spacial score (nSPS) is 11.6. The third-order valence-electron chi connectivity index (χ3n) is 1.92. The van der Waals surface area contributed by atoms with Gasteiger partial charge < -0.3 is 4.74 Å². The SMILES string of the molecule is CS(=O)(=O)c1ccc2nc(OC=O)sc2c1. The van der Waals surface area contributed by atoms with Gasteiger partial charge >= 0.3 is 0 Å². The van der Waals surface area contributed by atoms with Crippen molar-refractivity contribution in [2.75, 3.05) is 6.26 Å². The Hall–Kier alpha value is -1.47. The Morgan fingerprint density at radius 2 is 2.19 bits per heavy atom. The molecule has 16 heavy (non-hydrogen) atoms. The van der Waals surface area contributed by atoms with Crippen molar-refractivity contribution < 1.29 is 17.9 Å². The van der Waals surface area contributed by atoms with Crippen molar-refractivity contribution in [2.24, 2.45) is 0 Å². The largest absolute Gasteiger partial charge is 0.400 e. The molecule has 1 aromatic heterocycles. The van der Waals surface area contributed by atoms with E-state index in [1.54, 1.807) is 6.07 Å². The Morgan fingerprint density at radius 3 is 2.81 bits per heavy atom. The second-order valence-corrected chi connectivity index (χ2v) is 6.10. The van der Waals surface area contributed by atoms with Crippen LogP contribution < -0.4 is 4.74 Å². The molecule has 0 spiro atoms. The second-order valence-electron chi connectivity index (χ2n) is 3.10. The van der Waals surface area contributed by atoms with Gasteiger partial charge in [-0.3, -0.25) is 4.79 Å². The number of benzene rings is 1. The minimum atomic E-state index is -3.23. The van der Waals surface area contributed by atoms with E-state index in [1.165, 1.54) is 12.1 Å². The van der Waals surface area contributed by atoms with Crippen molar-refractivity contribution in [3.05, 3.63) is 18.2 Å². The molecule has 84 valence electrons. The summed E-state index contributed by atoms with van der Waals surface area (Å²) in [6.07, 6.45) is 1.14. The topological polar surface area (TPSA) is 73.3 Å². The molecule has 5 nitrogen and oxygen atoms in total. The fraction of sp³-hybridized carbons (Fsp3) is 0.111. The van der Waals surface area contributed by atoms with Crippen LogP contribution in [0.1, 0.15) is 0 Å². The molecule has 0 fully saturated rings. The number of carbonyl (C=O) groups is 1. The van der Waals surface area contributed by atoms with E-state index in [2.05, 4.69) is 9.72 Å². The molecule has 0 saturated heterocycles. The van der Waals surface area contributed by atoms with Crippen molar-refractivity contribution in [2.45, 2.75) is 4.90 Å². The first-order valence-corrected chi connectivity index (χ1v) is 6.92. The summed E-state index contributed by atoms with van der Waals surface area (Å²) in [7, 11) is -3.23. The maximum absolute atomic E-state index is 11.3. The molecule has 7 heteroatoms. The zero-order valence-corrected chi connectivity index (χ0v) is 9.84. The van der Waals surface area contributed by atoms with Crippen molar-refractivity contribution in [1.29, 1.82) is 0 Å². The van der Waals surface area contributed by atoms with Crippen molar-refractivity contribution in [3.63, 3.8) is 0 Å². The third-order valence-corrected chi connectivity index (χ3v) is 3.94. The first-order chi connectivity index (χ1) is 7.50. The minimum absolute atomic E-state index is 0.204. The maximum Gasteiger partial charge on any atom is 0.300 e. The summed E-state index contributed by atoms with van der Waals surface area (Å²) in [4.78, 5) is 14.3. The molecule has 0 aliphatic rings. The standard InChI is InChI=1S/C9H7NO4S2/c1-16(12,13)6-2-3-7-8(4-6)15-9(10-7)14-5-11/h2-5H,1H3. The highest BCUT2D eigenvalue weighted by atomic mass is 32.2. The van der Waals surface area contributed by atoms with E-state index in [0.29, 0.717) is 10.2 Å². The molecular weight excluding hydrogens is 250 g/mol. The number of sulfone groups is 1. The fourth-order valence-corrected chi connectivity index (χ4v) is 2.75. The Kier molecular flexibility index (Phi) is 2.64. The van der Waals surface area contributed by atoms with E-state index in [0.717, 1.165) is 17.6 Å². The molecule has 0 bridgehead atoms. The molecule has 1 heterocycles. The van der Waals surface area contributed by atoms with Gasteiger partial charge in [-0.15, -0.1) is 0 Å². The average Bonchev–Trinajstić information content (AvgIpc) is 2.57. The van der Waals surface area contributed by atoms with Gasteiger partial charge in [0, 0.05) is 6.26 Å². The van der Waals surface area contributed by atoms with Gasteiger partial charge in [0.2, 0.25) is 0 Å². The molecule has 0 atom stereocenters. The molecule has 0 unspecified atom stereocenters. The van der Waals surface area contributed by atoms with Gasteiger partial charge in [0.1, 0.15) is 0 Å². The predicted octanol–water partition coefficient (Wildman–Crippen LogP) is 1.24. The summed E-state index contributed by atoms with van der Waals surface area (Å²) in [6, 6.07) is 4.57. The summed E-state index contributed by atoms with van der Waals surface area (Å²) < 4.78 is 27.9. The van der Waals surface area contributed by atoms with E-state index in [1.807, 2.05) is 0 Å². The average molecular weight is 257 g/mol. The number of hydrogen-bond acceptors (Lipinski definition) is 6. The first kappa shape index (κ1) is 11.0. The monoisotopic (exact) mass is 257 g/mol. The highest BCUT2D eigenvalue weighted by molar-refractivity contribution is 7.90. The summed E-state index contributed by atoms with van der Waals surface area (Å²) in [5.74, 6) is 0. The van der Waals surface area contributed by atoms with Crippen molar-refractivity contribution in [1.82, 2.24) is 4.98 Å². The van der Waals surface area contributed by atoms with E-state index in [9.17, 15) is 13.2 Å². The van der Waals surface area contributed by atoms with Gasteiger partial charge in [-0.25, -0.2) is 13.4 Å². The van der Waals surface area contributed by atoms with Crippen LogP contribution in [0, 0.1) is 0 Å². The molecule has 0 saturated carbocycles. The molecule has 0 amide bonds. The van der Waals surface area contributed by atoms with Gasteiger partial charge in [0.05, 0.1) is 15.1 Å². The van der Waals surface area contributed by atoms with Crippen LogP contribution in [0.3, 0.4) is 0 Å². The van der Waals surface area contributed by atoms with E-state index in [-0.39, 0.29) is 16.6 Å². The van der Waals surface area contributed by atoms with Gasteiger partial charge in [-0.1, -0.05) is 11.3 Å². The molecule has 0 radical (unpaired) electrons. The number of rotatable bonds is 3. The Labute approximate surface area is 95.6 Å². The summed E-state index contributed by atoms with van der Waals surface area (Å²) in [5.41, 5.74) is 0.606. The Bertz CT molecular complexity index is 645. The minimum Gasteiger partial charge on any atom is -0.400 e. The highest BCUT2D eigenvalue weighted by Crippen LogP contribution is 2.29. The lowest BCUT2D eigenvalue weighted by Gasteiger charge is -1.95. The van der Waals surface area contributed by atoms with Gasteiger partial charge in [-0.05, 0) is 18.2 Å². The van der Waals surface area contributed by atoms with Crippen molar-refractivity contribution in [3.8, 4) is 5.19 Å². The smallest absolute Gasteiger partial charge is 0.300 e. The summed E-state index contributed by atoms with van der Waals surface area (Å²) in [6.45, 7) is 0.287. The van der Waals surface area contributed by atoms with E-state index in [4.69, 9.17) is 0 Å². The van der Waals surface area contributed by atoms with Crippen LogP contribution in [-0.4, -0.2) is 26.1 Å². The number of carbonyl (C=O) groups excluding carboxylic acids is 1. The zero-order valence-electron chi connectivity index (χ0n) is 8.21. The van der Waals surface area contributed by atoms with Crippen LogP contribution in [0.15, 0.2) is 23.1 Å². The molecule has 2 rings (SSSR count). The zero-order chi connectivity index (χ0) is 11.8. The van der Waals surface area contributed by atoms with Crippen molar-refractivity contribution >= 4 is 37.9 Å². The molecule has 0 aliphatic carbocycles. The molecule has 1 aromatic carbocycles. The second kappa shape index (κ2) is 3.84. The number of hydrogen-bond donors (Lipinski definition) is 0. The number of thiazole rings is 1. The lowest BCUT2D eigenvalue weighted by Crippen LogP contribution is -1.95. The number of aromatic nitrogens is 1. The lowest BCUT2D eigenvalue weighted by atomic mass is 10.3. The number of fused-ring (bicyclic) bond motifs is 1. The third kappa shape index (κ3) is 2.05. The van der Waals surface area contributed by atoms with Crippen LogP contribution in [0.5, 0.6) is 5.19 Å². The van der Waals surface area contributed by atoms with Gasteiger partial charge in [0.15, 0.2) is 9.84 Å². The molecule has 0 N–H and O–H groups in total. The van der Waals surface area contributed by atoms with E-state index >= 15 is 0 Å². The van der Waals surface area contributed by atoms with E-state index < -0.39 is 9.84 Å². The molecule has 0 aliphatic heterocycles. The van der Waals surface area contributed by atoms with Gasteiger partial charge in [-0.2, -0.15) is 0 Å². The van der Waals surface area contributed by atoms with Crippen LogP contribution in [0.25, 0.3) is 10.2 Å². The van der Waals surface area contributed by atoms with Crippen LogP contribution in [0.2, 0.25) is 0 Å². The molecule has 2 aromatic rings. The Morgan fingerprint density at radius 1 is 1.44 bits per heavy atom. The summed E-state index contributed by atoms with van der Waals surface area (Å²) in [5, 5.41) is 0.204. The van der Waals surface area contributed by atoms with Crippen LogP contribution in [-0.2, 0) is 14.6 Å². The summed E-state index contributed by atoms with van der Waals surface area (Å²) >= 11 is 1.12. The number of nitrogens with zero attached hydrogens (tertiary/aromatic N) is 1. The van der Waals surface area contributed by atoms with Crippen LogP contribution >= 0.6 is 11.3 Å². The predicted molar refractivity (Wildman–Crippen MR) is 59.4 cm³/mol. The Balaban J connectivity index is 2.58.